The minimum atomic E-state index is -0.135. The highest BCUT2D eigenvalue weighted by molar-refractivity contribution is 5.89. The van der Waals surface area contributed by atoms with Crippen LogP contribution < -0.4 is 5.32 Å². The molecule has 1 atom stereocenters. The van der Waals surface area contributed by atoms with Crippen LogP contribution in [0.1, 0.15) is 32.6 Å². The topological polar surface area (TPSA) is 49.4 Å². The van der Waals surface area contributed by atoms with Gasteiger partial charge in [-0.2, -0.15) is 0 Å². The van der Waals surface area contributed by atoms with E-state index in [1.807, 2.05) is 7.05 Å². The lowest BCUT2D eigenvalue weighted by Gasteiger charge is -2.19. The van der Waals surface area contributed by atoms with Gasteiger partial charge in [0.15, 0.2) is 0 Å². The molecule has 4 heteroatoms. The van der Waals surface area contributed by atoms with Gasteiger partial charge in [-0.1, -0.05) is 19.8 Å². The molecule has 0 bridgehead atoms. The third-order valence-electron chi connectivity index (χ3n) is 2.80. The van der Waals surface area contributed by atoms with Crippen molar-refractivity contribution in [1.82, 2.24) is 10.2 Å². The number of amides is 2. The molecule has 0 aromatic rings. The Morgan fingerprint density at radius 3 is 2.80 bits per heavy atom. The molecule has 0 aliphatic carbocycles. The van der Waals surface area contributed by atoms with Gasteiger partial charge in [-0.25, -0.2) is 0 Å². The summed E-state index contributed by atoms with van der Waals surface area (Å²) in [6.07, 6.45) is 3.72. The van der Waals surface area contributed by atoms with Crippen LogP contribution in [-0.4, -0.2) is 36.9 Å². The minimum absolute atomic E-state index is 0.00434. The van der Waals surface area contributed by atoms with Crippen LogP contribution in [0.15, 0.2) is 0 Å². The fourth-order valence-electron chi connectivity index (χ4n) is 1.80. The second kappa shape index (κ2) is 5.73. The lowest BCUT2D eigenvalue weighted by Crippen LogP contribution is -2.34. The highest BCUT2D eigenvalue weighted by Crippen LogP contribution is 2.12. The highest BCUT2D eigenvalue weighted by atomic mass is 16.2. The largest absolute Gasteiger partial charge is 0.355 e. The van der Waals surface area contributed by atoms with Crippen molar-refractivity contribution in [3.8, 4) is 0 Å². The molecule has 1 N–H and O–H groups in total. The maximum absolute atomic E-state index is 11.8. The fourth-order valence-corrected chi connectivity index (χ4v) is 1.80. The molecule has 15 heavy (non-hydrogen) atoms. The van der Waals surface area contributed by atoms with E-state index in [4.69, 9.17) is 0 Å². The van der Waals surface area contributed by atoms with E-state index in [2.05, 4.69) is 12.2 Å². The summed E-state index contributed by atoms with van der Waals surface area (Å²) in [6, 6.07) is 0. The number of carbonyl (C=O) groups excluding carboxylic acids is 2. The summed E-state index contributed by atoms with van der Waals surface area (Å²) in [7, 11) is 1.82. The standard InChI is InChI=1S/C11H20N2O2/c1-3-4-5-6-13(2)11(15)9-7-10(14)12-8-9/h9H,3-8H2,1-2H3,(H,12,14). The Morgan fingerprint density at radius 2 is 2.27 bits per heavy atom. The first-order chi connectivity index (χ1) is 7.15. The number of carbonyl (C=O) groups is 2. The number of nitrogens with zero attached hydrogens (tertiary/aromatic N) is 1. The smallest absolute Gasteiger partial charge is 0.227 e. The van der Waals surface area contributed by atoms with E-state index >= 15 is 0 Å². The van der Waals surface area contributed by atoms with Crippen LogP contribution in [0.4, 0.5) is 0 Å². The van der Waals surface area contributed by atoms with Gasteiger partial charge in [0.2, 0.25) is 11.8 Å². The molecule has 4 nitrogen and oxygen atoms in total. The summed E-state index contributed by atoms with van der Waals surface area (Å²) in [5.41, 5.74) is 0. The van der Waals surface area contributed by atoms with Crippen LogP contribution in [-0.2, 0) is 9.59 Å². The molecule has 1 heterocycles. The average Bonchev–Trinajstić information content (AvgIpc) is 2.64. The molecule has 0 saturated carbocycles. The third-order valence-corrected chi connectivity index (χ3v) is 2.80. The molecule has 1 saturated heterocycles. The van der Waals surface area contributed by atoms with Crippen LogP contribution in [0.5, 0.6) is 0 Å². The number of rotatable bonds is 5. The van der Waals surface area contributed by atoms with Crippen LogP contribution >= 0.6 is 0 Å². The van der Waals surface area contributed by atoms with Crippen molar-refractivity contribution in [3.05, 3.63) is 0 Å². The van der Waals surface area contributed by atoms with Gasteiger partial charge >= 0.3 is 0 Å². The predicted octanol–water partition coefficient (Wildman–Crippen LogP) is 0.771. The van der Waals surface area contributed by atoms with Crippen LogP contribution in [0, 0.1) is 5.92 Å². The Kier molecular flexibility index (Phi) is 4.59. The van der Waals surface area contributed by atoms with Gasteiger partial charge in [-0.05, 0) is 6.42 Å². The Hall–Kier alpha value is -1.06. The number of nitrogens with one attached hydrogen (secondary N) is 1. The van der Waals surface area contributed by atoms with E-state index in [-0.39, 0.29) is 17.7 Å². The molecular formula is C11H20N2O2. The SMILES string of the molecule is CCCCCN(C)C(=O)C1CNC(=O)C1. The molecule has 0 radical (unpaired) electrons. The van der Waals surface area contributed by atoms with Gasteiger partial charge in [0.25, 0.3) is 0 Å². The van der Waals surface area contributed by atoms with Crippen molar-refractivity contribution in [2.75, 3.05) is 20.1 Å². The van der Waals surface area contributed by atoms with Crippen molar-refractivity contribution in [2.45, 2.75) is 32.6 Å². The molecular weight excluding hydrogens is 192 g/mol. The quantitative estimate of drug-likeness (QED) is 0.684. The van der Waals surface area contributed by atoms with Crippen molar-refractivity contribution < 1.29 is 9.59 Å². The first-order valence-electron chi connectivity index (χ1n) is 5.66. The third kappa shape index (κ3) is 3.53. The monoisotopic (exact) mass is 212 g/mol. The van der Waals surface area contributed by atoms with Crippen LogP contribution in [0.3, 0.4) is 0 Å². The zero-order valence-corrected chi connectivity index (χ0v) is 9.58. The normalized spacial score (nSPS) is 20.1. The van der Waals surface area contributed by atoms with E-state index in [0.29, 0.717) is 13.0 Å². The van der Waals surface area contributed by atoms with Crippen molar-refractivity contribution in [2.24, 2.45) is 5.92 Å². The van der Waals surface area contributed by atoms with E-state index in [1.54, 1.807) is 4.90 Å². The van der Waals surface area contributed by atoms with E-state index in [1.165, 1.54) is 0 Å². The Morgan fingerprint density at radius 1 is 1.53 bits per heavy atom. The Bertz CT molecular complexity index is 241. The zero-order valence-electron chi connectivity index (χ0n) is 9.58. The van der Waals surface area contributed by atoms with Crippen molar-refractivity contribution in [1.29, 1.82) is 0 Å². The second-order valence-corrected chi connectivity index (χ2v) is 4.17. The molecule has 1 aliphatic rings. The van der Waals surface area contributed by atoms with Gasteiger partial charge in [0.05, 0.1) is 5.92 Å². The van der Waals surface area contributed by atoms with Crippen molar-refractivity contribution in [3.63, 3.8) is 0 Å². The van der Waals surface area contributed by atoms with E-state index in [9.17, 15) is 9.59 Å². The van der Waals surface area contributed by atoms with Gasteiger partial charge in [-0.3, -0.25) is 9.59 Å². The van der Waals surface area contributed by atoms with Gasteiger partial charge in [0, 0.05) is 26.6 Å². The molecule has 2 amide bonds. The van der Waals surface area contributed by atoms with Gasteiger partial charge in [0.1, 0.15) is 0 Å². The maximum Gasteiger partial charge on any atom is 0.227 e. The molecule has 1 unspecified atom stereocenters. The first kappa shape index (κ1) is 12.0. The molecule has 0 aromatic carbocycles. The summed E-state index contributed by atoms with van der Waals surface area (Å²) in [4.78, 5) is 24.5. The summed E-state index contributed by atoms with van der Waals surface area (Å²) < 4.78 is 0. The lowest BCUT2D eigenvalue weighted by atomic mass is 10.1. The average molecular weight is 212 g/mol. The molecule has 1 aliphatic heterocycles. The molecule has 86 valence electrons. The van der Waals surface area contributed by atoms with E-state index < -0.39 is 0 Å². The fraction of sp³-hybridized carbons (Fsp3) is 0.818. The predicted molar refractivity (Wildman–Crippen MR) is 58.3 cm³/mol. The number of hydrogen-bond donors (Lipinski definition) is 1. The summed E-state index contributed by atoms with van der Waals surface area (Å²) in [5, 5.41) is 2.69. The second-order valence-electron chi connectivity index (χ2n) is 4.17. The van der Waals surface area contributed by atoms with Crippen molar-refractivity contribution >= 4 is 11.8 Å². The van der Waals surface area contributed by atoms with Crippen LogP contribution in [0.2, 0.25) is 0 Å². The zero-order chi connectivity index (χ0) is 11.3. The lowest BCUT2D eigenvalue weighted by molar-refractivity contribution is -0.134. The van der Waals surface area contributed by atoms with Gasteiger partial charge in [-0.15, -0.1) is 0 Å². The Balaban J connectivity index is 2.29. The molecule has 1 fully saturated rings. The molecule has 0 spiro atoms. The maximum atomic E-state index is 11.8. The number of unbranched alkanes of at least 4 members (excludes halogenated alkanes) is 2. The Labute approximate surface area is 91.0 Å². The summed E-state index contributed by atoms with van der Waals surface area (Å²) in [6.45, 7) is 3.45. The molecule has 1 rings (SSSR count). The first-order valence-corrected chi connectivity index (χ1v) is 5.66. The van der Waals surface area contributed by atoms with E-state index in [0.717, 1.165) is 25.8 Å². The molecule has 0 aromatic heterocycles. The number of hydrogen-bond acceptors (Lipinski definition) is 2. The van der Waals surface area contributed by atoms with Crippen LogP contribution in [0.25, 0.3) is 0 Å². The summed E-state index contributed by atoms with van der Waals surface area (Å²) >= 11 is 0. The van der Waals surface area contributed by atoms with Gasteiger partial charge < -0.3 is 10.2 Å². The minimum Gasteiger partial charge on any atom is -0.355 e. The summed E-state index contributed by atoms with van der Waals surface area (Å²) in [5.74, 6) is -0.0381. The highest BCUT2D eigenvalue weighted by Gasteiger charge is 2.29.